The molecule has 0 saturated carbocycles. The second-order valence-electron chi connectivity index (χ2n) is 10.4. The zero-order valence-electron chi connectivity index (χ0n) is 22.7. The quantitative estimate of drug-likeness (QED) is 0.285. The van der Waals surface area contributed by atoms with Crippen LogP contribution in [0.2, 0.25) is 10.0 Å². The highest BCUT2D eigenvalue weighted by atomic mass is 35.5. The summed E-state index contributed by atoms with van der Waals surface area (Å²) in [6.07, 6.45) is -4.83. The summed E-state index contributed by atoms with van der Waals surface area (Å²) in [5.41, 5.74) is -3.76. The first kappa shape index (κ1) is 32.2. The van der Waals surface area contributed by atoms with Crippen molar-refractivity contribution < 1.29 is 31.5 Å². The Bertz CT molecular complexity index is 1570. The summed E-state index contributed by atoms with van der Waals surface area (Å²) >= 11 is 12.7. The summed E-state index contributed by atoms with van der Waals surface area (Å²) in [4.78, 5) is 28.4. The van der Waals surface area contributed by atoms with Crippen molar-refractivity contribution in [1.82, 2.24) is 15.5 Å². The second kappa shape index (κ2) is 12.5. The minimum atomic E-state index is -4.45. The van der Waals surface area contributed by atoms with E-state index in [1.165, 1.54) is 12.1 Å². The Hall–Kier alpha value is -3.72. The molecule has 1 atom stereocenters. The van der Waals surface area contributed by atoms with Gasteiger partial charge in [-0.3, -0.25) is 14.5 Å². The first-order valence-corrected chi connectivity index (χ1v) is 13.8. The van der Waals surface area contributed by atoms with Gasteiger partial charge in [0.05, 0.1) is 28.8 Å². The van der Waals surface area contributed by atoms with Gasteiger partial charge >= 0.3 is 6.18 Å². The molecular formula is C30H25Cl2F5N4O2. The minimum Gasteiger partial charge on any atom is -0.335 e. The number of carbonyl (C=O) groups is 2. The summed E-state index contributed by atoms with van der Waals surface area (Å²) in [5, 5.41) is 15.2. The number of hydrogen-bond acceptors (Lipinski definition) is 4. The van der Waals surface area contributed by atoms with Gasteiger partial charge in [0.15, 0.2) is 0 Å². The van der Waals surface area contributed by atoms with Gasteiger partial charge in [-0.2, -0.15) is 18.4 Å². The van der Waals surface area contributed by atoms with Crippen LogP contribution in [0, 0.1) is 23.0 Å². The molecule has 3 aromatic carbocycles. The molecule has 1 saturated heterocycles. The molecule has 0 unspecified atom stereocenters. The number of nitriles is 1. The summed E-state index contributed by atoms with van der Waals surface area (Å²) in [7, 11) is 0. The fraction of sp³-hybridized carbons (Fsp3) is 0.300. The van der Waals surface area contributed by atoms with Gasteiger partial charge in [0.2, 0.25) is 0 Å². The van der Waals surface area contributed by atoms with E-state index >= 15 is 8.78 Å². The van der Waals surface area contributed by atoms with Gasteiger partial charge < -0.3 is 10.6 Å². The molecule has 0 spiro atoms. The van der Waals surface area contributed by atoms with E-state index in [9.17, 15) is 28.0 Å². The van der Waals surface area contributed by atoms with Gasteiger partial charge in [0.25, 0.3) is 11.8 Å². The maximum Gasteiger partial charge on any atom is 0.401 e. The van der Waals surface area contributed by atoms with Crippen LogP contribution in [-0.2, 0) is 10.3 Å². The smallest absolute Gasteiger partial charge is 0.335 e. The van der Waals surface area contributed by atoms with Gasteiger partial charge in [-0.15, -0.1) is 0 Å². The molecule has 2 amide bonds. The predicted molar refractivity (Wildman–Crippen MR) is 151 cm³/mol. The van der Waals surface area contributed by atoms with Gasteiger partial charge in [-0.1, -0.05) is 53.5 Å². The lowest BCUT2D eigenvalue weighted by Crippen LogP contribution is -2.62. The van der Waals surface area contributed by atoms with Crippen LogP contribution in [-0.4, -0.2) is 48.1 Å². The number of amides is 2. The maximum atomic E-state index is 15.1. The summed E-state index contributed by atoms with van der Waals surface area (Å²) in [6, 6.07) is 16.1. The molecule has 4 rings (SSSR count). The van der Waals surface area contributed by atoms with Gasteiger partial charge in [0, 0.05) is 23.7 Å². The first-order chi connectivity index (χ1) is 20.2. The lowest BCUT2D eigenvalue weighted by molar-refractivity contribution is -0.149. The first-order valence-electron chi connectivity index (χ1n) is 13.0. The number of carbonyl (C=O) groups excluding carboxylic acids is 2. The van der Waals surface area contributed by atoms with E-state index in [0.29, 0.717) is 16.1 Å². The lowest BCUT2D eigenvalue weighted by atomic mass is 9.84. The highest BCUT2D eigenvalue weighted by Gasteiger charge is 2.47. The normalized spacial score (nSPS) is 16.5. The zero-order chi connectivity index (χ0) is 31.6. The fourth-order valence-corrected chi connectivity index (χ4v) is 5.53. The van der Waals surface area contributed by atoms with E-state index in [-0.39, 0.29) is 36.5 Å². The fourth-order valence-electron chi connectivity index (χ4n) is 5.02. The van der Waals surface area contributed by atoms with Crippen molar-refractivity contribution in [2.75, 3.05) is 19.6 Å². The Morgan fingerprint density at radius 3 is 2.16 bits per heavy atom. The Balaban J connectivity index is 1.65. The van der Waals surface area contributed by atoms with Crippen LogP contribution in [0.5, 0.6) is 0 Å². The van der Waals surface area contributed by atoms with E-state index in [1.807, 2.05) is 6.07 Å². The Morgan fingerprint density at radius 2 is 1.60 bits per heavy atom. The maximum absolute atomic E-state index is 15.1. The molecular weight excluding hydrogens is 614 g/mol. The van der Waals surface area contributed by atoms with Crippen molar-refractivity contribution in [1.29, 1.82) is 5.26 Å². The van der Waals surface area contributed by atoms with Crippen molar-refractivity contribution >= 4 is 35.0 Å². The van der Waals surface area contributed by atoms with Crippen molar-refractivity contribution in [3.05, 3.63) is 93.5 Å². The van der Waals surface area contributed by atoms with Gasteiger partial charge in [-0.05, 0) is 55.7 Å². The van der Waals surface area contributed by atoms with Crippen LogP contribution >= 0.6 is 23.2 Å². The number of alkyl halides is 3. The molecule has 0 bridgehead atoms. The molecule has 1 aliphatic heterocycles. The van der Waals surface area contributed by atoms with Crippen molar-refractivity contribution in [3.8, 4) is 17.2 Å². The summed E-state index contributed by atoms with van der Waals surface area (Å²) in [5.74, 6) is -4.39. The SMILES string of the molecule is C[C@@](NC(=O)c1ccc(-c2ccccc2Cl)cc1Cl)(C(=O)NC1(C#N)CCN(CC(F)(F)F)CC1)c1c(F)cccc1F. The largest absolute Gasteiger partial charge is 0.401 e. The molecule has 226 valence electrons. The minimum absolute atomic E-state index is 0.0442. The van der Waals surface area contributed by atoms with E-state index < -0.39 is 52.8 Å². The van der Waals surface area contributed by atoms with Crippen molar-refractivity contribution in [2.24, 2.45) is 0 Å². The zero-order valence-corrected chi connectivity index (χ0v) is 24.2. The van der Waals surface area contributed by atoms with Crippen LogP contribution in [0.4, 0.5) is 22.0 Å². The number of halogens is 7. The van der Waals surface area contributed by atoms with E-state index in [2.05, 4.69) is 10.6 Å². The third-order valence-corrected chi connectivity index (χ3v) is 8.00. The number of benzene rings is 3. The number of rotatable bonds is 7. The molecule has 1 aliphatic rings. The molecule has 1 fully saturated rings. The van der Waals surface area contributed by atoms with E-state index in [4.69, 9.17) is 23.2 Å². The van der Waals surface area contributed by atoms with Crippen LogP contribution in [0.1, 0.15) is 35.7 Å². The van der Waals surface area contributed by atoms with Crippen LogP contribution in [0.15, 0.2) is 60.7 Å². The van der Waals surface area contributed by atoms with Crippen LogP contribution in [0.3, 0.4) is 0 Å². The number of piperidine rings is 1. The molecule has 3 aromatic rings. The average Bonchev–Trinajstić information content (AvgIpc) is 2.93. The molecule has 1 heterocycles. The number of likely N-dealkylation sites (tertiary alicyclic amines) is 1. The number of hydrogen-bond donors (Lipinski definition) is 2. The Kier molecular flexibility index (Phi) is 9.35. The highest BCUT2D eigenvalue weighted by molar-refractivity contribution is 6.35. The standard InChI is InChI=1S/C30H25Cl2F5N4O2/c1-28(25-23(33)7-4-8-24(25)34,27(43)40-29(16-38)11-13-41(14-12-29)17-30(35,36)37)39-26(42)20-10-9-18(15-22(20)32)19-5-2-3-6-21(19)31/h2-10,15H,11-14,17H2,1H3,(H,39,42)(H,40,43)/t28-/m0/s1. The Morgan fingerprint density at radius 1 is 0.977 bits per heavy atom. The molecule has 0 aromatic heterocycles. The van der Waals surface area contributed by atoms with Crippen LogP contribution < -0.4 is 10.6 Å². The van der Waals surface area contributed by atoms with Gasteiger partial charge in [0.1, 0.15) is 22.7 Å². The lowest BCUT2D eigenvalue weighted by Gasteiger charge is -2.40. The molecule has 0 aliphatic carbocycles. The van der Waals surface area contributed by atoms with Crippen molar-refractivity contribution in [2.45, 2.75) is 37.0 Å². The third-order valence-electron chi connectivity index (χ3n) is 7.36. The monoisotopic (exact) mass is 638 g/mol. The van der Waals surface area contributed by atoms with Crippen molar-refractivity contribution in [3.63, 3.8) is 0 Å². The molecule has 6 nitrogen and oxygen atoms in total. The molecule has 2 N–H and O–H groups in total. The average molecular weight is 639 g/mol. The van der Waals surface area contributed by atoms with E-state index in [0.717, 1.165) is 30.0 Å². The molecule has 43 heavy (non-hydrogen) atoms. The molecule has 13 heteroatoms. The van der Waals surface area contributed by atoms with Crippen LogP contribution in [0.25, 0.3) is 11.1 Å². The highest BCUT2D eigenvalue weighted by Crippen LogP contribution is 2.33. The summed E-state index contributed by atoms with van der Waals surface area (Å²) < 4.78 is 68.8. The Labute approximate surface area is 254 Å². The third kappa shape index (κ3) is 7.09. The number of nitrogens with zero attached hydrogens (tertiary/aromatic N) is 2. The van der Waals surface area contributed by atoms with Gasteiger partial charge in [-0.25, -0.2) is 8.78 Å². The molecule has 0 radical (unpaired) electrons. The topological polar surface area (TPSA) is 85.2 Å². The summed E-state index contributed by atoms with van der Waals surface area (Å²) in [6.45, 7) is -0.458. The number of nitrogens with one attached hydrogen (secondary N) is 2. The second-order valence-corrected chi connectivity index (χ2v) is 11.2. The van der Waals surface area contributed by atoms with E-state index in [1.54, 1.807) is 30.3 Å². The predicted octanol–water partition coefficient (Wildman–Crippen LogP) is 6.62.